The van der Waals surface area contributed by atoms with Gasteiger partial charge in [0.05, 0.1) is 18.2 Å². The van der Waals surface area contributed by atoms with Crippen molar-refractivity contribution in [2.75, 3.05) is 6.61 Å². The number of aromatic nitrogens is 1. The Morgan fingerprint density at radius 3 is 2.85 bits per heavy atom. The molecular weight excluding hydrogens is 384 g/mol. The van der Waals surface area contributed by atoms with Crippen molar-refractivity contribution in [3.63, 3.8) is 0 Å². The lowest BCUT2D eigenvalue weighted by Gasteiger charge is -2.15. The maximum atomic E-state index is 12.8. The molecule has 1 aliphatic rings. The van der Waals surface area contributed by atoms with Gasteiger partial charge in [-0.3, -0.25) is 9.59 Å². The molecule has 3 rings (SSSR count). The van der Waals surface area contributed by atoms with Gasteiger partial charge in [-0.25, -0.2) is 0 Å². The number of hydrogen-bond acceptors (Lipinski definition) is 4. The third-order valence-corrected chi connectivity index (χ3v) is 6.13. The fourth-order valence-corrected chi connectivity index (χ4v) is 4.14. The van der Waals surface area contributed by atoms with Gasteiger partial charge in [-0.15, -0.1) is 11.3 Å². The van der Waals surface area contributed by atoms with Gasteiger partial charge in [0.25, 0.3) is 5.91 Å². The molecular formula is C20H23ClN2O3S. The molecule has 1 aliphatic heterocycles. The number of amides is 1. The molecule has 0 radical (unpaired) electrons. The fraction of sp³-hybridized carbons (Fsp3) is 0.450. The standard InChI is InChI=1S/C20H23ClN2O3S/c1-20(2,3)17-11-23(10-15-5-4-8-26-15)19(27-17)22-18(25)16-9-14(21)7-6-13(16)12-24/h6-7,9,11-12,15H,4-5,8,10H2,1-3H3/b22-19-/t15-/m1/s1. The number of ether oxygens (including phenoxy) is 1. The normalized spacial score (nSPS) is 18.1. The van der Waals surface area contributed by atoms with Crippen LogP contribution in [0.1, 0.15) is 59.2 Å². The molecule has 1 amide bonds. The van der Waals surface area contributed by atoms with Crippen molar-refractivity contribution in [3.8, 4) is 0 Å². The molecule has 1 aromatic heterocycles. The maximum absolute atomic E-state index is 12.8. The second-order valence-electron chi connectivity index (χ2n) is 7.68. The van der Waals surface area contributed by atoms with Gasteiger partial charge in [0.1, 0.15) is 0 Å². The summed E-state index contributed by atoms with van der Waals surface area (Å²) in [6.45, 7) is 7.82. The second-order valence-corrected chi connectivity index (χ2v) is 9.13. The largest absolute Gasteiger partial charge is 0.376 e. The van der Waals surface area contributed by atoms with Crippen molar-refractivity contribution in [2.45, 2.75) is 51.7 Å². The molecule has 1 aromatic carbocycles. The number of aldehydes is 1. The highest BCUT2D eigenvalue weighted by Crippen LogP contribution is 2.25. The zero-order chi connectivity index (χ0) is 19.6. The van der Waals surface area contributed by atoms with Gasteiger partial charge < -0.3 is 9.30 Å². The maximum Gasteiger partial charge on any atom is 0.280 e. The van der Waals surface area contributed by atoms with Gasteiger partial charge >= 0.3 is 0 Å². The lowest BCUT2D eigenvalue weighted by atomic mass is 9.95. The molecule has 144 valence electrons. The molecule has 2 heterocycles. The molecule has 0 unspecified atom stereocenters. The molecule has 7 heteroatoms. The van der Waals surface area contributed by atoms with Gasteiger partial charge in [0.2, 0.25) is 0 Å². The molecule has 27 heavy (non-hydrogen) atoms. The molecule has 1 saturated heterocycles. The Morgan fingerprint density at radius 2 is 2.22 bits per heavy atom. The summed E-state index contributed by atoms with van der Waals surface area (Å²) in [5.74, 6) is -0.469. The first-order chi connectivity index (χ1) is 12.8. The molecule has 1 atom stereocenters. The lowest BCUT2D eigenvalue weighted by molar-refractivity contribution is 0.0948. The van der Waals surface area contributed by atoms with Crippen molar-refractivity contribution in [2.24, 2.45) is 4.99 Å². The molecule has 0 N–H and O–H groups in total. The van der Waals surface area contributed by atoms with Crippen LogP contribution in [-0.2, 0) is 16.7 Å². The van der Waals surface area contributed by atoms with Crippen LogP contribution in [0.5, 0.6) is 0 Å². The summed E-state index contributed by atoms with van der Waals surface area (Å²) in [6.07, 6.45) is 4.90. The second kappa shape index (κ2) is 8.09. The third kappa shape index (κ3) is 4.75. The first kappa shape index (κ1) is 20.0. The van der Waals surface area contributed by atoms with Crippen LogP contribution < -0.4 is 4.80 Å². The lowest BCUT2D eigenvalue weighted by Crippen LogP contribution is -2.23. The van der Waals surface area contributed by atoms with Crippen molar-refractivity contribution in [1.29, 1.82) is 0 Å². The van der Waals surface area contributed by atoms with Gasteiger partial charge in [-0.2, -0.15) is 4.99 Å². The smallest absolute Gasteiger partial charge is 0.280 e. The topological polar surface area (TPSA) is 60.7 Å². The number of thiazole rings is 1. The van der Waals surface area contributed by atoms with Crippen LogP contribution in [0.2, 0.25) is 5.02 Å². The van der Waals surface area contributed by atoms with E-state index in [1.165, 1.54) is 23.5 Å². The fourth-order valence-electron chi connectivity index (χ4n) is 2.92. The summed E-state index contributed by atoms with van der Waals surface area (Å²) >= 11 is 7.49. The zero-order valence-corrected chi connectivity index (χ0v) is 17.3. The number of halogens is 1. The molecule has 0 bridgehead atoms. The van der Waals surface area contributed by atoms with E-state index < -0.39 is 5.91 Å². The summed E-state index contributed by atoms with van der Waals surface area (Å²) < 4.78 is 7.73. The van der Waals surface area contributed by atoms with Gasteiger partial charge in [-0.1, -0.05) is 32.4 Å². The Kier molecular flexibility index (Phi) is 5.99. The summed E-state index contributed by atoms with van der Waals surface area (Å²) in [5, 5.41) is 0.396. The number of hydrogen-bond donors (Lipinski definition) is 0. The van der Waals surface area contributed by atoms with Gasteiger partial charge in [-0.05, 0) is 36.5 Å². The highest BCUT2D eigenvalue weighted by molar-refractivity contribution is 7.09. The molecule has 2 aromatic rings. The summed E-state index contributed by atoms with van der Waals surface area (Å²) in [6, 6.07) is 4.61. The van der Waals surface area contributed by atoms with Crippen LogP contribution in [0.25, 0.3) is 0 Å². The van der Waals surface area contributed by atoms with E-state index in [9.17, 15) is 9.59 Å². The Labute approximate surface area is 167 Å². The van der Waals surface area contributed by atoms with Crippen molar-refractivity contribution >= 4 is 35.1 Å². The van der Waals surface area contributed by atoms with Gasteiger partial charge in [0, 0.05) is 28.3 Å². The monoisotopic (exact) mass is 406 g/mol. The summed E-state index contributed by atoms with van der Waals surface area (Å²) in [4.78, 5) is 30.1. The van der Waals surface area contributed by atoms with Crippen LogP contribution in [0.3, 0.4) is 0 Å². The number of rotatable bonds is 4. The van der Waals surface area contributed by atoms with E-state index in [1.807, 2.05) is 4.57 Å². The Bertz CT molecular complexity index is 918. The molecule has 0 aliphatic carbocycles. The Hall–Kier alpha value is -1.76. The van der Waals surface area contributed by atoms with E-state index in [1.54, 1.807) is 6.07 Å². The first-order valence-corrected chi connectivity index (χ1v) is 10.1. The average Bonchev–Trinajstić information content (AvgIpc) is 3.25. The van der Waals surface area contributed by atoms with E-state index >= 15 is 0 Å². The summed E-state index contributed by atoms with van der Waals surface area (Å²) in [5.41, 5.74) is 0.447. The predicted octanol–water partition coefficient (Wildman–Crippen LogP) is 4.23. The van der Waals surface area contributed by atoms with E-state index in [4.69, 9.17) is 16.3 Å². The number of nitrogens with zero attached hydrogens (tertiary/aromatic N) is 2. The van der Waals surface area contributed by atoms with E-state index in [-0.39, 0.29) is 22.6 Å². The molecule has 0 saturated carbocycles. The zero-order valence-electron chi connectivity index (χ0n) is 15.7. The molecule has 5 nitrogen and oxygen atoms in total. The number of carbonyl (C=O) groups is 2. The highest BCUT2D eigenvalue weighted by Gasteiger charge is 2.22. The first-order valence-electron chi connectivity index (χ1n) is 8.94. The van der Waals surface area contributed by atoms with Crippen molar-refractivity contribution in [3.05, 3.63) is 50.2 Å². The van der Waals surface area contributed by atoms with Crippen LogP contribution >= 0.6 is 22.9 Å². The average molecular weight is 407 g/mol. The minimum atomic E-state index is -0.469. The quantitative estimate of drug-likeness (QED) is 0.713. The van der Waals surface area contributed by atoms with E-state index in [2.05, 4.69) is 32.0 Å². The number of carbonyl (C=O) groups excluding carboxylic acids is 2. The van der Waals surface area contributed by atoms with Crippen LogP contribution in [0, 0.1) is 0 Å². The SMILES string of the molecule is CC(C)(C)c1cn(C[C@H]2CCCO2)/c(=N/C(=O)c2cc(Cl)ccc2C=O)s1. The van der Waals surface area contributed by atoms with Gasteiger partial charge in [0.15, 0.2) is 11.1 Å². The Balaban J connectivity index is 2.03. The number of benzene rings is 1. The van der Waals surface area contributed by atoms with Crippen molar-refractivity contribution in [1.82, 2.24) is 4.57 Å². The van der Waals surface area contributed by atoms with E-state index in [0.29, 0.717) is 22.7 Å². The Morgan fingerprint density at radius 1 is 1.44 bits per heavy atom. The van der Waals surface area contributed by atoms with Crippen LogP contribution in [-0.4, -0.2) is 29.5 Å². The summed E-state index contributed by atoms with van der Waals surface area (Å²) in [7, 11) is 0. The molecule has 0 spiro atoms. The predicted molar refractivity (Wildman–Crippen MR) is 107 cm³/mol. The minimum absolute atomic E-state index is 0.0518. The third-order valence-electron chi connectivity index (χ3n) is 4.45. The van der Waals surface area contributed by atoms with Crippen LogP contribution in [0.15, 0.2) is 29.4 Å². The van der Waals surface area contributed by atoms with Crippen LogP contribution in [0.4, 0.5) is 0 Å². The molecule has 1 fully saturated rings. The van der Waals surface area contributed by atoms with E-state index in [0.717, 1.165) is 24.3 Å². The minimum Gasteiger partial charge on any atom is -0.376 e. The highest BCUT2D eigenvalue weighted by atomic mass is 35.5. The van der Waals surface area contributed by atoms with Crippen molar-refractivity contribution < 1.29 is 14.3 Å².